The summed E-state index contributed by atoms with van der Waals surface area (Å²) in [5.41, 5.74) is 0.894. The molecule has 1 saturated carbocycles. The summed E-state index contributed by atoms with van der Waals surface area (Å²) in [4.78, 5) is 6.15. The van der Waals surface area contributed by atoms with Crippen LogP contribution in [0, 0.1) is 5.92 Å². The van der Waals surface area contributed by atoms with Gasteiger partial charge in [-0.1, -0.05) is 12.8 Å². The third-order valence-corrected chi connectivity index (χ3v) is 4.19. The van der Waals surface area contributed by atoms with Crippen LogP contribution >= 0.6 is 0 Å². The summed E-state index contributed by atoms with van der Waals surface area (Å²) < 4.78 is 41.0. The Morgan fingerprint density at radius 1 is 1.33 bits per heavy atom. The largest absolute Gasteiger partial charge is 0.393 e. The van der Waals surface area contributed by atoms with Crippen LogP contribution in [0.1, 0.15) is 31.4 Å². The van der Waals surface area contributed by atoms with E-state index in [4.69, 9.17) is 0 Å². The Hall–Kier alpha value is -1.24. The highest BCUT2D eigenvalue weighted by Crippen LogP contribution is 2.37. The van der Waals surface area contributed by atoms with Crippen LogP contribution in [0.3, 0.4) is 0 Å². The summed E-state index contributed by atoms with van der Waals surface area (Å²) in [5.74, 6) is -0.435. The fourth-order valence-corrected chi connectivity index (χ4v) is 3.02. The van der Waals surface area contributed by atoms with Crippen molar-refractivity contribution in [1.29, 1.82) is 0 Å². The number of halogens is 3. The molecule has 0 saturated heterocycles. The monoisotopic (exact) mass is 304 g/mol. The highest BCUT2D eigenvalue weighted by atomic mass is 19.4. The fourth-order valence-electron chi connectivity index (χ4n) is 3.02. The molecule has 7 heteroatoms. The molecule has 0 spiro atoms. The van der Waals surface area contributed by atoms with E-state index in [2.05, 4.69) is 10.3 Å². The van der Waals surface area contributed by atoms with Crippen molar-refractivity contribution in [3.63, 3.8) is 0 Å². The number of nitrogens with one attached hydrogen (secondary N) is 1. The van der Waals surface area contributed by atoms with E-state index in [1.807, 2.05) is 30.6 Å². The van der Waals surface area contributed by atoms with E-state index >= 15 is 0 Å². The Bertz CT molecular complexity index is 467. The number of alkyl halides is 3. The molecule has 1 fully saturated rings. The predicted molar refractivity (Wildman–Crippen MR) is 76.2 cm³/mol. The van der Waals surface area contributed by atoms with Gasteiger partial charge in [0, 0.05) is 33.7 Å². The zero-order valence-corrected chi connectivity index (χ0v) is 12.7. The summed E-state index contributed by atoms with van der Waals surface area (Å²) in [7, 11) is 5.65. The van der Waals surface area contributed by atoms with Gasteiger partial charge in [-0.05, 0) is 12.8 Å². The van der Waals surface area contributed by atoms with Gasteiger partial charge in [-0.25, -0.2) is 4.98 Å². The summed E-state index contributed by atoms with van der Waals surface area (Å²) in [6.45, 7) is 0.411. The van der Waals surface area contributed by atoms with Crippen molar-refractivity contribution >= 4 is 5.95 Å². The molecule has 2 atom stereocenters. The summed E-state index contributed by atoms with van der Waals surface area (Å²) in [5, 5.41) is 3.09. The van der Waals surface area contributed by atoms with Crippen molar-refractivity contribution in [1.82, 2.24) is 14.9 Å². The zero-order chi connectivity index (χ0) is 15.6. The molecule has 0 radical (unpaired) electrons. The minimum Gasteiger partial charge on any atom is -0.348 e. The number of nitrogens with zero attached hydrogens (tertiary/aromatic N) is 3. The Morgan fingerprint density at radius 3 is 2.57 bits per heavy atom. The summed E-state index contributed by atoms with van der Waals surface area (Å²) in [6.07, 6.45) is -0.0530. The van der Waals surface area contributed by atoms with Crippen molar-refractivity contribution in [2.45, 2.75) is 44.4 Å². The molecule has 1 aliphatic carbocycles. The molecule has 1 aliphatic rings. The molecule has 0 bridgehead atoms. The number of hydrogen-bond acceptors (Lipinski definition) is 3. The summed E-state index contributed by atoms with van der Waals surface area (Å²) in [6, 6.07) is -0.489. The fraction of sp³-hybridized carbons (Fsp3) is 0.786. The zero-order valence-electron chi connectivity index (χ0n) is 12.7. The van der Waals surface area contributed by atoms with Crippen LogP contribution in [0.25, 0.3) is 0 Å². The molecule has 2 rings (SSSR count). The van der Waals surface area contributed by atoms with E-state index in [0.717, 1.165) is 18.1 Å². The molecular weight excluding hydrogens is 281 g/mol. The predicted octanol–water partition coefficient (Wildman–Crippen LogP) is 2.70. The molecule has 1 aromatic rings. The second kappa shape index (κ2) is 6.25. The van der Waals surface area contributed by atoms with Gasteiger partial charge in [0.15, 0.2) is 0 Å². The second-order valence-corrected chi connectivity index (χ2v) is 5.92. The van der Waals surface area contributed by atoms with Gasteiger partial charge in [0.25, 0.3) is 0 Å². The molecule has 1 aromatic heterocycles. The average Bonchev–Trinajstić information content (AvgIpc) is 2.77. The van der Waals surface area contributed by atoms with Gasteiger partial charge in [0.2, 0.25) is 5.95 Å². The van der Waals surface area contributed by atoms with Crippen LogP contribution in [-0.2, 0) is 13.6 Å². The smallest absolute Gasteiger partial charge is 0.348 e. The van der Waals surface area contributed by atoms with Crippen LogP contribution in [0.5, 0.6) is 0 Å². The lowest BCUT2D eigenvalue weighted by molar-refractivity contribution is -0.189. The summed E-state index contributed by atoms with van der Waals surface area (Å²) >= 11 is 0. The lowest BCUT2D eigenvalue weighted by Gasteiger charge is -2.33. The molecule has 2 unspecified atom stereocenters. The van der Waals surface area contributed by atoms with Crippen LogP contribution in [-0.4, -0.2) is 35.9 Å². The van der Waals surface area contributed by atoms with E-state index in [1.54, 1.807) is 6.20 Å². The molecule has 0 aliphatic heterocycles. The van der Waals surface area contributed by atoms with Crippen LogP contribution in [0.4, 0.5) is 19.1 Å². The maximum absolute atomic E-state index is 13.0. The van der Waals surface area contributed by atoms with Gasteiger partial charge < -0.3 is 14.8 Å². The van der Waals surface area contributed by atoms with Crippen LogP contribution < -0.4 is 10.2 Å². The van der Waals surface area contributed by atoms with Gasteiger partial charge in [-0.15, -0.1) is 0 Å². The van der Waals surface area contributed by atoms with Crippen molar-refractivity contribution in [3.05, 3.63) is 11.9 Å². The third kappa shape index (κ3) is 3.70. The van der Waals surface area contributed by atoms with Crippen LogP contribution in [0.2, 0.25) is 0 Å². The first-order chi connectivity index (χ1) is 9.80. The van der Waals surface area contributed by atoms with Crippen LogP contribution in [0.15, 0.2) is 6.20 Å². The van der Waals surface area contributed by atoms with Crippen molar-refractivity contribution < 1.29 is 13.2 Å². The maximum atomic E-state index is 13.0. The van der Waals surface area contributed by atoms with Gasteiger partial charge in [-0.3, -0.25) is 0 Å². The lowest BCUT2D eigenvalue weighted by Crippen LogP contribution is -2.45. The topological polar surface area (TPSA) is 33.1 Å². The molecule has 0 amide bonds. The molecule has 21 heavy (non-hydrogen) atoms. The quantitative estimate of drug-likeness (QED) is 0.928. The normalized spacial score (nSPS) is 23.3. The van der Waals surface area contributed by atoms with E-state index in [-0.39, 0.29) is 6.42 Å². The first-order valence-electron chi connectivity index (χ1n) is 7.28. The molecule has 120 valence electrons. The highest BCUT2D eigenvalue weighted by molar-refractivity contribution is 5.30. The number of imidazole rings is 1. The van der Waals surface area contributed by atoms with E-state index in [1.165, 1.54) is 0 Å². The minimum absolute atomic E-state index is 0.232. The molecular formula is C14H23F3N4. The Kier molecular flexibility index (Phi) is 4.81. The number of rotatable bonds is 4. The third-order valence-electron chi connectivity index (χ3n) is 4.19. The number of aromatic nitrogens is 2. The molecule has 1 N–H and O–H groups in total. The van der Waals surface area contributed by atoms with Gasteiger partial charge in [0.1, 0.15) is 0 Å². The van der Waals surface area contributed by atoms with Crippen molar-refractivity contribution in [2.24, 2.45) is 13.0 Å². The van der Waals surface area contributed by atoms with Crippen molar-refractivity contribution in [3.8, 4) is 0 Å². The van der Waals surface area contributed by atoms with Crippen molar-refractivity contribution in [2.75, 3.05) is 19.0 Å². The Labute approximate surface area is 123 Å². The lowest BCUT2D eigenvalue weighted by atomic mass is 9.84. The van der Waals surface area contributed by atoms with Gasteiger partial charge in [-0.2, -0.15) is 13.2 Å². The van der Waals surface area contributed by atoms with E-state index < -0.39 is 18.1 Å². The molecule has 4 nitrogen and oxygen atoms in total. The SMILES string of the molecule is CN(C)c1ncc(CNC2CCCCC2C(F)(F)F)n1C. The first-order valence-corrected chi connectivity index (χ1v) is 7.28. The minimum atomic E-state index is -4.11. The molecule has 0 aromatic carbocycles. The maximum Gasteiger partial charge on any atom is 0.393 e. The number of hydrogen-bond donors (Lipinski definition) is 1. The number of anilines is 1. The van der Waals surface area contributed by atoms with Gasteiger partial charge in [0.05, 0.1) is 17.8 Å². The van der Waals surface area contributed by atoms with E-state index in [0.29, 0.717) is 19.4 Å². The standard InChI is InChI=1S/C14H23F3N4/c1-20(2)13-19-9-10(21(13)3)8-18-12-7-5-4-6-11(12)14(15,16)17/h9,11-12,18H,4-8H2,1-3H3. The van der Waals surface area contributed by atoms with Gasteiger partial charge >= 0.3 is 6.18 Å². The first kappa shape index (κ1) is 16.1. The average molecular weight is 304 g/mol. The highest BCUT2D eigenvalue weighted by Gasteiger charge is 2.45. The second-order valence-electron chi connectivity index (χ2n) is 5.92. The Morgan fingerprint density at radius 2 is 2.00 bits per heavy atom. The Balaban J connectivity index is 2.01. The molecule has 1 heterocycles. The van der Waals surface area contributed by atoms with E-state index in [9.17, 15) is 13.2 Å².